The van der Waals surface area contributed by atoms with Crippen molar-refractivity contribution in [1.29, 1.82) is 0 Å². The van der Waals surface area contributed by atoms with Crippen LogP contribution in [0.25, 0.3) is 22.3 Å². The zero-order chi connectivity index (χ0) is 24.7. The lowest BCUT2D eigenvalue weighted by Crippen LogP contribution is -2.27. The Morgan fingerprint density at radius 3 is 2.54 bits per heavy atom. The van der Waals surface area contributed by atoms with Gasteiger partial charge in [0.15, 0.2) is 0 Å². The van der Waals surface area contributed by atoms with E-state index in [9.17, 15) is 4.79 Å². The third-order valence-corrected chi connectivity index (χ3v) is 6.78. The molecule has 0 unspecified atom stereocenters. The van der Waals surface area contributed by atoms with E-state index in [1.165, 1.54) is 0 Å². The number of rotatable bonds is 5. The summed E-state index contributed by atoms with van der Waals surface area (Å²) in [6, 6.07) is 16.2. The molecule has 6 nitrogen and oxygen atoms in total. The molecule has 3 heterocycles. The lowest BCUT2D eigenvalue weighted by atomic mass is 9.88. The molecular weight excluding hydrogens is 436 g/mol. The molecule has 1 amide bonds. The molecule has 1 atom stereocenters. The second kappa shape index (κ2) is 8.69. The number of hydrogen-bond acceptors (Lipinski definition) is 4. The Morgan fingerprint density at radius 1 is 1.03 bits per heavy atom. The minimum absolute atomic E-state index is 0.0343. The third-order valence-electron chi connectivity index (χ3n) is 6.78. The minimum atomic E-state index is -0.0993. The molecule has 0 aliphatic carbocycles. The van der Waals surface area contributed by atoms with E-state index >= 15 is 0 Å². The van der Waals surface area contributed by atoms with E-state index in [0.29, 0.717) is 6.54 Å². The Kier molecular flexibility index (Phi) is 5.67. The number of H-pyrrole nitrogens is 1. The first-order valence-electron chi connectivity index (χ1n) is 11.8. The van der Waals surface area contributed by atoms with Gasteiger partial charge in [0.05, 0.1) is 19.3 Å². The van der Waals surface area contributed by atoms with Crippen LogP contribution in [0.5, 0.6) is 5.75 Å². The van der Waals surface area contributed by atoms with Crippen molar-refractivity contribution in [2.45, 2.75) is 45.7 Å². The highest BCUT2D eigenvalue weighted by atomic mass is 16.5. The number of hydrogen-bond donors (Lipinski definition) is 1. The molecule has 2 aromatic heterocycles. The second-order valence-electron chi connectivity index (χ2n) is 10.1. The van der Waals surface area contributed by atoms with Crippen molar-refractivity contribution in [3.63, 3.8) is 0 Å². The van der Waals surface area contributed by atoms with Crippen molar-refractivity contribution in [3.8, 4) is 28.0 Å². The summed E-state index contributed by atoms with van der Waals surface area (Å²) in [5.41, 5.74) is 7.80. The number of ether oxygens (including phenoxy) is 1. The topological polar surface area (TPSA) is 71.1 Å². The Labute approximate surface area is 206 Å². The zero-order valence-electron chi connectivity index (χ0n) is 20.8. The van der Waals surface area contributed by atoms with E-state index in [0.717, 1.165) is 50.4 Å². The predicted octanol–water partition coefficient (Wildman–Crippen LogP) is 6.16. The maximum absolute atomic E-state index is 13.8. The van der Waals surface area contributed by atoms with Crippen molar-refractivity contribution in [2.75, 3.05) is 7.11 Å². The number of nitrogens with one attached hydrogen (secondary N) is 1. The number of aromatic nitrogens is 3. The molecule has 0 radical (unpaired) electrons. The van der Waals surface area contributed by atoms with Crippen LogP contribution in [0.4, 0.5) is 0 Å². The average molecular weight is 467 g/mol. The highest BCUT2D eigenvalue weighted by molar-refractivity contribution is 6.02. The second-order valence-corrected chi connectivity index (χ2v) is 10.1. The number of fused-ring (bicyclic) bond motifs is 1. The summed E-state index contributed by atoms with van der Waals surface area (Å²) in [6.45, 7) is 9.09. The number of pyridine rings is 1. The molecule has 178 valence electrons. The lowest BCUT2D eigenvalue weighted by Gasteiger charge is -2.25. The van der Waals surface area contributed by atoms with Crippen molar-refractivity contribution in [3.05, 3.63) is 89.5 Å². The molecule has 1 N–H and O–H groups in total. The monoisotopic (exact) mass is 466 g/mol. The van der Waals surface area contributed by atoms with Gasteiger partial charge in [-0.15, -0.1) is 0 Å². The SMILES string of the molecule is COc1cccc([C@@H](C)N2Cc3c(cc(-c4cn[nH]c4)cc3-c3ccnc(C(C)(C)C)c3)C2=O)c1. The summed E-state index contributed by atoms with van der Waals surface area (Å²) in [5.74, 6) is 0.819. The van der Waals surface area contributed by atoms with Gasteiger partial charge in [-0.25, -0.2) is 0 Å². The molecule has 5 rings (SSSR count). The summed E-state index contributed by atoms with van der Waals surface area (Å²) < 4.78 is 5.41. The Bertz CT molecular complexity index is 1390. The van der Waals surface area contributed by atoms with Crippen LogP contribution >= 0.6 is 0 Å². The van der Waals surface area contributed by atoms with E-state index in [1.807, 2.05) is 53.7 Å². The lowest BCUT2D eigenvalue weighted by molar-refractivity contribution is 0.0715. The summed E-state index contributed by atoms with van der Waals surface area (Å²) >= 11 is 0. The van der Waals surface area contributed by atoms with Crippen LogP contribution in [0, 0.1) is 0 Å². The van der Waals surface area contributed by atoms with Gasteiger partial charge in [0, 0.05) is 41.2 Å². The molecule has 0 fully saturated rings. The molecule has 2 aromatic carbocycles. The highest BCUT2D eigenvalue weighted by Crippen LogP contribution is 2.40. The first-order chi connectivity index (χ1) is 16.8. The van der Waals surface area contributed by atoms with Gasteiger partial charge < -0.3 is 9.64 Å². The van der Waals surface area contributed by atoms with Crippen molar-refractivity contribution in [1.82, 2.24) is 20.1 Å². The van der Waals surface area contributed by atoms with E-state index in [2.05, 4.69) is 55.0 Å². The maximum atomic E-state index is 13.8. The van der Waals surface area contributed by atoms with Crippen LogP contribution < -0.4 is 4.74 Å². The number of aromatic amines is 1. The highest BCUT2D eigenvalue weighted by Gasteiger charge is 2.34. The van der Waals surface area contributed by atoms with Crippen molar-refractivity contribution in [2.24, 2.45) is 0 Å². The van der Waals surface area contributed by atoms with Crippen LogP contribution in [0.1, 0.15) is 60.9 Å². The van der Waals surface area contributed by atoms with Gasteiger partial charge in [-0.3, -0.25) is 14.9 Å². The van der Waals surface area contributed by atoms with Crippen LogP contribution in [0.2, 0.25) is 0 Å². The molecule has 0 spiro atoms. The fourth-order valence-corrected chi connectivity index (χ4v) is 4.67. The van der Waals surface area contributed by atoms with Gasteiger partial charge in [0.2, 0.25) is 0 Å². The summed E-state index contributed by atoms with van der Waals surface area (Å²) in [5, 5.41) is 7.00. The largest absolute Gasteiger partial charge is 0.497 e. The van der Waals surface area contributed by atoms with E-state index in [4.69, 9.17) is 4.74 Å². The molecule has 0 saturated heterocycles. The fraction of sp³-hybridized carbons (Fsp3) is 0.276. The smallest absolute Gasteiger partial charge is 0.255 e. The summed E-state index contributed by atoms with van der Waals surface area (Å²) in [6.07, 6.45) is 5.50. The first-order valence-corrected chi connectivity index (χ1v) is 11.8. The fourth-order valence-electron chi connectivity index (χ4n) is 4.67. The number of carbonyl (C=O) groups excluding carboxylic acids is 1. The molecule has 6 heteroatoms. The summed E-state index contributed by atoms with van der Waals surface area (Å²) in [7, 11) is 1.66. The van der Waals surface area contributed by atoms with Crippen LogP contribution in [-0.2, 0) is 12.0 Å². The molecule has 0 bridgehead atoms. The first kappa shape index (κ1) is 22.8. The van der Waals surface area contributed by atoms with Crippen LogP contribution in [0.15, 0.2) is 67.1 Å². The third kappa shape index (κ3) is 4.20. The minimum Gasteiger partial charge on any atom is -0.497 e. The van der Waals surface area contributed by atoms with Crippen molar-refractivity contribution < 1.29 is 9.53 Å². The van der Waals surface area contributed by atoms with Gasteiger partial charge >= 0.3 is 0 Å². The molecule has 4 aromatic rings. The molecule has 0 saturated carbocycles. The van der Waals surface area contributed by atoms with E-state index < -0.39 is 0 Å². The van der Waals surface area contributed by atoms with E-state index in [-0.39, 0.29) is 17.4 Å². The van der Waals surface area contributed by atoms with Crippen LogP contribution in [-0.4, -0.2) is 33.1 Å². The standard InChI is InChI=1S/C29H30N4O2/c1-18(19-7-6-8-23(11-19)35-5)33-17-26-24(20-9-10-30-27(14-20)29(2,3)4)12-21(13-25(26)28(33)34)22-15-31-32-16-22/h6-16,18H,17H2,1-5H3,(H,31,32)/t18-/m1/s1. The van der Waals surface area contributed by atoms with E-state index in [1.54, 1.807) is 13.3 Å². The van der Waals surface area contributed by atoms with Gasteiger partial charge in [-0.05, 0) is 71.1 Å². The zero-order valence-corrected chi connectivity index (χ0v) is 20.8. The summed E-state index contributed by atoms with van der Waals surface area (Å²) in [4.78, 5) is 20.3. The number of amides is 1. The number of benzene rings is 2. The molecular formula is C29H30N4O2. The van der Waals surface area contributed by atoms with Crippen molar-refractivity contribution >= 4 is 5.91 Å². The number of carbonyl (C=O) groups is 1. The maximum Gasteiger partial charge on any atom is 0.255 e. The number of nitrogens with zero attached hydrogens (tertiary/aromatic N) is 3. The Hall–Kier alpha value is -3.93. The van der Waals surface area contributed by atoms with Gasteiger partial charge in [0.25, 0.3) is 5.91 Å². The molecule has 1 aliphatic heterocycles. The average Bonchev–Trinajstić information content (AvgIpc) is 3.51. The Balaban J connectivity index is 1.62. The predicted molar refractivity (Wildman–Crippen MR) is 137 cm³/mol. The Morgan fingerprint density at radius 2 is 1.83 bits per heavy atom. The quantitative estimate of drug-likeness (QED) is 0.382. The number of methoxy groups -OCH3 is 1. The van der Waals surface area contributed by atoms with Gasteiger partial charge in [0.1, 0.15) is 5.75 Å². The normalized spacial score (nSPS) is 14.2. The van der Waals surface area contributed by atoms with Gasteiger partial charge in [-0.2, -0.15) is 5.10 Å². The van der Waals surface area contributed by atoms with Crippen LogP contribution in [0.3, 0.4) is 0 Å². The molecule has 1 aliphatic rings. The molecule has 35 heavy (non-hydrogen) atoms. The van der Waals surface area contributed by atoms with Gasteiger partial charge in [-0.1, -0.05) is 32.9 Å².